The zero-order chi connectivity index (χ0) is 17.9. The number of nitrogens with one attached hydrogen (secondary N) is 1. The van der Waals surface area contributed by atoms with Crippen molar-refractivity contribution in [1.82, 2.24) is 15.1 Å². The van der Waals surface area contributed by atoms with E-state index in [0.29, 0.717) is 25.6 Å². The van der Waals surface area contributed by atoms with Crippen molar-refractivity contribution in [3.63, 3.8) is 0 Å². The van der Waals surface area contributed by atoms with Crippen LogP contribution in [0.2, 0.25) is 0 Å². The molecule has 1 aromatic rings. The van der Waals surface area contributed by atoms with Crippen LogP contribution in [0.5, 0.6) is 0 Å². The molecule has 2 aliphatic rings. The number of halogens is 4. The van der Waals surface area contributed by atoms with E-state index in [4.69, 9.17) is 0 Å². The summed E-state index contributed by atoms with van der Waals surface area (Å²) < 4.78 is 37.9. The molecule has 0 spiro atoms. The Kier molecular flexibility index (Phi) is 7.32. The second-order valence-electron chi connectivity index (χ2n) is 6.78. The van der Waals surface area contributed by atoms with Gasteiger partial charge in [0, 0.05) is 51.7 Å². The van der Waals surface area contributed by atoms with Gasteiger partial charge in [-0.15, -0.1) is 12.4 Å². The van der Waals surface area contributed by atoms with Crippen molar-refractivity contribution in [3.05, 3.63) is 35.4 Å². The molecular weight excluding hydrogens is 367 g/mol. The first kappa shape index (κ1) is 21.0. The molecule has 0 radical (unpaired) electrons. The summed E-state index contributed by atoms with van der Waals surface area (Å²) in [6.45, 7) is 4.43. The lowest BCUT2D eigenvalue weighted by atomic mass is 10.1. The summed E-state index contributed by atoms with van der Waals surface area (Å²) in [6, 6.07) is 5.80. The third kappa shape index (κ3) is 5.86. The second-order valence-corrected chi connectivity index (χ2v) is 6.78. The molecular formula is C18H25ClF3N3O. The minimum absolute atomic E-state index is 0. The molecule has 0 unspecified atom stereocenters. The fourth-order valence-electron chi connectivity index (χ4n) is 3.18. The maximum atomic E-state index is 12.6. The summed E-state index contributed by atoms with van der Waals surface area (Å²) >= 11 is 0. The summed E-state index contributed by atoms with van der Waals surface area (Å²) in [5, 5.41) is 3.23. The molecule has 1 N–H and O–H groups in total. The number of benzene rings is 1. The van der Waals surface area contributed by atoms with Crippen molar-refractivity contribution in [1.29, 1.82) is 0 Å². The lowest BCUT2D eigenvalue weighted by Gasteiger charge is -2.29. The fraction of sp³-hybridized carbons (Fsp3) is 0.611. The van der Waals surface area contributed by atoms with Gasteiger partial charge in [-0.3, -0.25) is 9.69 Å². The Morgan fingerprint density at radius 3 is 2.31 bits per heavy atom. The van der Waals surface area contributed by atoms with Crippen LogP contribution >= 0.6 is 12.4 Å². The van der Waals surface area contributed by atoms with E-state index in [9.17, 15) is 18.0 Å². The first-order chi connectivity index (χ1) is 11.9. The predicted molar refractivity (Wildman–Crippen MR) is 96.2 cm³/mol. The largest absolute Gasteiger partial charge is 0.416 e. The highest BCUT2D eigenvalue weighted by Gasteiger charge is 2.31. The molecule has 1 saturated heterocycles. The number of hydrogen-bond acceptors (Lipinski definition) is 3. The molecule has 4 nitrogen and oxygen atoms in total. The Morgan fingerprint density at radius 2 is 1.77 bits per heavy atom. The van der Waals surface area contributed by atoms with E-state index in [-0.39, 0.29) is 18.3 Å². The lowest BCUT2D eigenvalue weighted by Crippen LogP contribution is -2.47. The van der Waals surface area contributed by atoms with Crippen LogP contribution in [0.4, 0.5) is 13.2 Å². The standard InChI is InChI=1S/C18H24F3N3O.ClH/c19-18(20,21)15-3-1-14(2-4-15)13-24(16-5-6-16)10-7-17(25)23-11-8-22-9-12-23;/h1-4,16,22H,5-13H2;1H. The van der Waals surface area contributed by atoms with Gasteiger partial charge in [-0.05, 0) is 30.5 Å². The van der Waals surface area contributed by atoms with Gasteiger partial charge in [-0.25, -0.2) is 0 Å². The third-order valence-corrected chi connectivity index (χ3v) is 4.81. The fourth-order valence-corrected chi connectivity index (χ4v) is 3.18. The smallest absolute Gasteiger partial charge is 0.340 e. The van der Waals surface area contributed by atoms with Gasteiger partial charge < -0.3 is 10.2 Å². The number of nitrogens with zero attached hydrogens (tertiary/aromatic N) is 2. The number of carbonyl (C=O) groups excluding carboxylic acids is 1. The number of hydrogen-bond donors (Lipinski definition) is 1. The number of amides is 1. The first-order valence-electron chi connectivity index (χ1n) is 8.82. The van der Waals surface area contributed by atoms with E-state index in [2.05, 4.69) is 10.2 Å². The average Bonchev–Trinajstić information content (AvgIpc) is 3.44. The van der Waals surface area contributed by atoms with Crippen molar-refractivity contribution >= 4 is 18.3 Å². The third-order valence-electron chi connectivity index (χ3n) is 4.81. The minimum atomic E-state index is -4.30. The quantitative estimate of drug-likeness (QED) is 0.810. The van der Waals surface area contributed by atoms with E-state index in [1.807, 2.05) is 4.90 Å². The molecule has 1 amide bonds. The number of piperazine rings is 1. The van der Waals surface area contributed by atoms with E-state index in [1.165, 1.54) is 12.1 Å². The number of rotatable bonds is 6. The van der Waals surface area contributed by atoms with Gasteiger partial charge in [0.05, 0.1) is 5.56 Å². The molecule has 1 aliphatic heterocycles. The van der Waals surface area contributed by atoms with Crippen LogP contribution in [0.1, 0.15) is 30.4 Å². The average molecular weight is 392 g/mol. The van der Waals surface area contributed by atoms with Gasteiger partial charge in [-0.1, -0.05) is 12.1 Å². The van der Waals surface area contributed by atoms with Crippen molar-refractivity contribution in [3.8, 4) is 0 Å². The molecule has 0 aromatic heterocycles. The lowest BCUT2D eigenvalue weighted by molar-refractivity contribution is -0.137. The zero-order valence-corrected chi connectivity index (χ0v) is 15.4. The molecule has 3 rings (SSSR count). The SMILES string of the molecule is Cl.O=C(CCN(Cc1ccc(C(F)(F)F)cc1)C1CC1)N1CCNCC1. The van der Waals surface area contributed by atoms with Crippen molar-refractivity contribution in [2.75, 3.05) is 32.7 Å². The van der Waals surface area contributed by atoms with Gasteiger partial charge >= 0.3 is 6.18 Å². The summed E-state index contributed by atoms with van der Waals surface area (Å²) in [5.74, 6) is 0.166. The molecule has 26 heavy (non-hydrogen) atoms. The highest BCUT2D eigenvalue weighted by Crippen LogP contribution is 2.31. The predicted octanol–water partition coefficient (Wildman–Crippen LogP) is 2.91. The topological polar surface area (TPSA) is 35.6 Å². The van der Waals surface area contributed by atoms with Crippen molar-refractivity contribution in [2.24, 2.45) is 0 Å². The van der Waals surface area contributed by atoms with Crippen LogP contribution < -0.4 is 5.32 Å². The van der Waals surface area contributed by atoms with E-state index >= 15 is 0 Å². The Bertz CT molecular complexity index is 584. The highest BCUT2D eigenvalue weighted by atomic mass is 35.5. The van der Waals surface area contributed by atoms with Gasteiger partial charge in [0.1, 0.15) is 0 Å². The van der Waals surface area contributed by atoms with E-state index in [1.54, 1.807) is 0 Å². The molecule has 1 heterocycles. The summed E-state index contributed by atoms with van der Waals surface area (Å²) in [5.41, 5.74) is 0.234. The van der Waals surface area contributed by atoms with Crippen molar-refractivity contribution in [2.45, 2.75) is 38.0 Å². The van der Waals surface area contributed by atoms with Gasteiger partial charge in [-0.2, -0.15) is 13.2 Å². The van der Waals surface area contributed by atoms with E-state index < -0.39 is 11.7 Å². The highest BCUT2D eigenvalue weighted by molar-refractivity contribution is 5.85. The monoisotopic (exact) mass is 391 g/mol. The van der Waals surface area contributed by atoms with Gasteiger partial charge in [0.2, 0.25) is 5.91 Å². The van der Waals surface area contributed by atoms with Crippen LogP contribution in [-0.2, 0) is 17.5 Å². The Balaban J connectivity index is 0.00000243. The Labute approximate surface area is 158 Å². The van der Waals surface area contributed by atoms with Crippen LogP contribution in [0.3, 0.4) is 0 Å². The molecule has 1 aliphatic carbocycles. The molecule has 8 heteroatoms. The molecule has 1 aromatic carbocycles. The number of carbonyl (C=O) groups is 1. The summed E-state index contributed by atoms with van der Waals surface area (Å²) in [4.78, 5) is 16.4. The van der Waals surface area contributed by atoms with Gasteiger partial charge in [0.25, 0.3) is 0 Å². The van der Waals surface area contributed by atoms with E-state index in [0.717, 1.165) is 56.7 Å². The summed E-state index contributed by atoms with van der Waals surface area (Å²) in [6.07, 6.45) is -1.63. The molecule has 146 valence electrons. The second kappa shape index (κ2) is 9.06. The van der Waals surface area contributed by atoms with Crippen LogP contribution in [0.25, 0.3) is 0 Å². The first-order valence-corrected chi connectivity index (χ1v) is 8.82. The van der Waals surface area contributed by atoms with Gasteiger partial charge in [0.15, 0.2) is 0 Å². The van der Waals surface area contributed by atoms with Crippen molar-refractivity contribution < 1.29 is 18.0 Å². The zero-order valence-electron chi connectivity index (χ0n) is 14.6. The Hall–Kier alpha value is -1.31. The maximum absolute atomic E-state index is 12.6. The minimum Gasteiger partial charge on any atom is -0.340 e. The number of alkyl halides is 3. The van der Waals surface area contributed by atoms with Crippen LogP contribution in [-0.4, -0.2) is 54.5 Å². The normalized spacial score (nSPS) is 17.9. The molecule has 1 saturated carbocycles. The Morgan fingerprint density at radius 1 is 1.15 bits per heavy atom. The molecule has 0 atom stereocenters. The summed E-state index contributed by atoms with van der Waals surface area (Å²) in [7, 11) is 0. The van der Waals surface area contributed by atoms with Crippen LogP contribution in [0.15, 0.2) is 24.3 Å². The maximum Gasteiger partial charge on any atom is 0.416 e. The molecule has 0 bridgehead atoms. The van der Waals surface area contributed by atoms with Crippen LogP contribution in [0, 0.1) is 0 Å². The molecule has 2 fully saturated rings.